The van der Waals surface area contributed by atoms with E-state index in [1.807, 2.05) is 0 Å². The summed E-state index contributed by atoms with van der Waals surface area (Å²) < 4.78 is 41.6. The topological polar surface area (TPSA) is 55.8 Å². The van der Waals surface area contributed by atoms with Gasteiger partial charge >= 0.3 is 5.97 Å². The van der Waals surface area contributed by atoms with Crippen molar-refractivity contribution in [1.29, 1.82) is 0 Å². The van der Waals surface area contributed by atoms with Gasteiger partial charge < -0.3 is 9.47 Å². The number of carbonyl (C=O) groups is 2. The molecule has 0 unspecified atom stereocenters. The van der Waals surface area contributed by atoms with Crippen LogP contribution in [0.5, 0.6) is 11.5 Å². The molecule has 1 fully saturated rings. The first-order valence-corrected chi connectivity index (χ1v) is 14.2. The molecule has 0 radical (unpaired) electrons. The molecule has 0 amide bonds. The minimum atomic E-state index is -2.01. The lowest BCUT2D eigenvalue weighted by Crippen LogP contribution is -2.36. The number of halogens is 2. The van der Waals surface area contributed by atoms with Crippen LogP contribution < -0.4 is 9.47 Å². The van der Waals surface area contributed by atoms with Crippen molar-refractivity contribution in [2.75, 3.05) is 13.7 Å². The Kier molecular flexibility index (Phi) is 9.27. The minimum Gasteiger partial charge on any atom is -0.497 e. The molecule has 0 spiro atoms. The molecule has 0 saturated heterocycles. The molecule has 0 bridgehead atoms. The molecule has 0 aromatic heterocycles. The van der Waals surface area contributed by atoms with Crippen molar-refractivity contribution in [1.82, 2.24) is 4.90 Å². The van der Waals surface area contributed by atoms with Gasteiger partial charge in [-0.25, -0.2) is 13.6 Å². The van der Waals surface area contributed by atoms with E-state index in [1.54, 1.807) is 54.6 Å². The number of nitrogens with zero attached hydrogens (tertiary/aromatic N) is 1. The largest absolute Gasteiger partial charge is 0.497 e. The van der Waals surface area contributed by atoms with Crippen LogP contribution in [0, 0.1) is 11.7 Å². The van der Waals surface area contributed by atoms with Crippen LogP contribution in [-0.4, -0.2) is 42.0 Å². The molecule has 4 rings (SSSR count). The number of ketones is 1. The van der Waals surface area contributed by atoms with Crippen molar-refractivity contribution in [3.63, 3.8) is 0 Å². The normalized spacial score (nSPS) is 15.5. The number of Topliss-reactive ketones (excluding diaryl/α,β-unsaturated/α-hetero) is 1. The van der Waals surface area contributed by atoms with Gasteiger partial charge in [-0.1, -0.05) is 25.1 Å². The molecule has 7 heteroatoms. The average molecular weight is 564 g/mol. The first-order chi connectivity index (χ1) is 19.5. The fraction of sp³-hybridized carbons (Fsp3) is 0.412. The Morgan fingerprint density at radius 3 is 2.37 bits per heavy atom. The van der Waals surface area contributed by atoms with E-state index in [1.165, 1.54) is 27.0 Å². The number of hydrogen-bond acceptors (Lipinski definition) is 5. The molecule has 0 N–H and O–H groups in total. The number of methoxy groups -OCH3 is 1. The summed E-state index contributed by atoms with van der Waals surface area (Å²) in [5.41, 5.74) is 0.772. The molecule has 5 nitrogen and oxygen atoms in total. The zero-order chi connectivity index (χ0) is 29.9. The molecule has 41 heavy (non-hydrogen) atoms. The van der Waals surface area contributed by atoms with Gasteiger partial charge in [-0.2, -0.15) is 0 Å². The third-order valence-electron chi connectivity index (χ3n) is 8.11. The van der Waals surface area contributed by atoms with Crippen LogP contribution in [0.15, 0.2) is 60.7 Å². The van der Waals surface area contributed by atoms with Gasteiger partial charge in [0.15, 0.2) is 11.5 Å². The predicted octanol–water partition coefficient (Wildman–Crippen LogP) is 7.76. The second kappa shape index (κ2) is 12.5. The molecule has 1 aliphatic rings. The number of carbonyl (C=O) groups excluding carboxylic acids is 2. The number of hydrogen-bond donors (Lipinski definition) is 0. The molecular formula is C34H39F2NO4. The lowest BCUT2D eigenvalue weighted by Gasteiger charge is -2.29. The zero-order valence-electron chi connectivity index (χ0n) is 24.7. The van der Waals surface area contributed by atoms with Gasteiger partial charge in [-0.3, -0.25) is 9.69 Å². The van der Waals surface area contributed by atoms with Gasteiger partial charge in [0, 0.05) is 24.1 Å². The Morgan fingerprint density at radius 1 is 1.02 bits per heavy atom. The highest BCUT2D eigenvalue weighted by molar-refractivity contribution is 5.92. The summed E-state index contributed by atoms with van der Waals surface area (Å²) in [6, 6.07) is 16.7. The standard InChI is InChI=1S/C34H39F2NO4/c1-7-37(21(2)3)20-26-17-25(13-15-29(26)30-19-27(40-6)14-16-31(30)35)33(39)41-28-10-8-9-24(18-28)32(23-11-12-23)34(5,36)22(4)38/h8-10,13-19,21,23,32H,7,11-12,20H2,1-6H3/t32-,34-/m0/s1. The van der Waals surface area contributed by atoms with Gasteiger partial charge in [0.1, 0.15) is 17.3 Å². The molecule has 218 valence electrons. The van der Waals surface area contributed by atoms with Crippen molar-refractivity contribution in [3.05, 3.63) is 83.2 Å². The van der Waals surface area contributed by atoms with Crippen LogP contribution in [0.2, 0.25) is 0 Å². The Balaban J connectivity index is 1.67. The number of ether oxygens (including phenoxy) is 2. The summed E-state index contributed by atoms with van der Waals surface area (Å²) in [6.45, 7) is 10.1. The summed E-state index contributed by atoms with van der Waals surface area (Å²) in [6.07, 6.45) is 1.71. The fourth-order valence-corrected chi connectivity index (χ4v) is 5.44. The van der Waals surface area contributed by atoms with Crippen LogP contribution in [-0.2, 0) is 11.3 Å². The van der Waals surface area contributed by atoms with Crippen LogP contribution in [0.25, 0.3) is 11.1 Å². The molecule has 1 saturated carbocycles. The molecule has 2 atom stereocenters. The van der Waals surface area contributed by atoms with E-state index in [4.69, 9.17) is 9.47 Å². The second-order valence-electron chi connectivity index (χ2n) is 11.3. The smallest absolute Gasteiger partial charge is 0.343 e. The quantitative estimate of drug-likeness (QED) is 0.167. The fourth-order valence-electron chi connectivity index (χ4n) is 5.44. The first-order valence-electron chi connectivity index (χ1n) is 14.2. The maximum atomic E-state index is 15.5. The van der Waals surface area contributed by atoms with E-state index in [-0.39, 0.29) is 23.5 Å². The van der Waals surface area contributed by atoms with Crippen molar-refractivity contribution in [3.8, 4) is 22.6 Å². The van der Waals surface area contributed by atoms with E-state index >= 15 is 4.39 Å². The summed E-state index contributed by atoms with van der Waals surface area (Å²) >= 11 is 0. The van der Waals surface area contributed by atoms with Crippen LogP contribution in [0.4, 0.5) is 8.78 Å². The van der Waals surface area contributed by atoms with E-state index in [9.17, 15) is 14.0 Å². The summed E-state index contributed by atoms with van der Waals surface area (Å²) in [4.78, 5) is 27.7. The van der Waals surface area contributed by atoms with Gasteiger partial charge in [-0.05, 0) is 112 Å². The van der Waals surface area contributed by atoms with E-state index in [0.29, 0.717) is 34.5 Å². The Bertz CT molecular complexity index is 1410. The second-order valence-corrected chi connectivity index (χ2v) is 11.3. The van der Waals surface area contributed by atoms with Crippen molar-refractivity contribution in [2.45, 2.75) is 71.6 Å². The van der Waals surface area contributed by atoms with Gasteiger partial charge in [-0.15, -0.1) is 0 Å². The number of alkyl halides is 1. The maximum Gasteiger partial charge on any atom is 0.343 e. The maximum absolute atomic E-state index is 15.5. The summed E-state index contributed by atoms with van der Waals surface area (Å²) in [5, 5.41) is 0. The average Bonchev–Trinajstić information content (AvgIpc) is 3.77. The highest BCUT2D eigenvalue weighted by Gasteiger charge is 2.48. The first kappa shape index (κ1) is 30.4. The lowest BCUT2D eigenvalue weighted by molar-refractivity contribution is -0.129. The van der Waals surface area contributed by atoms with E-state index in [0.717, 1.165) is 24.9 Å². The lowest BCUT2D eigenvalue weighted by atomic mass is 9.79. The van der Waals surface area contributed by atoms with Crippen LogP contribution >= 0.6 is 0 Å². The SMILES string of the molecule is CCN(Cc1cc(C(=O)Oc2cccc([C@H](C3CC3)[C@@](C)(F)C(C)=O)c2)ccc1-c1cc(OC)ccc1F)C(C)C. The molecule has 3 aromatic carbocycles. The van der Waals surface area contributed by atoms with Gasteiger partial charge in [0.2, 0.25) is 0 Å². The third kappa shape index (κ3) is 6.84. The molecule has 3 aromatic rings. The van der Waals surface area contributed by atoms with Crippen molar-refractivity contribution < 1.29 is 27.8 Å². The monoisotopic (exact) mass is 563 g/mol. The minimum absolute atomic E-state index is 0.0782. The Hall–Kier alpha value is -3.58. The molecule has 0 heterocycles. The predicted molar refractivity (Wildman–Crippen MR) is 157 cm³/mol. The number of esters is 1. The van der Waals surface area contributed by atoms with Crippen molar-refractivity contribution in [2.24, 2.45) is 5.92 Å². The van der Waals surface area contributed by atoms with Crippen LogP contribution in [0.1, 0.15) is 74.9 Å². The zero-order valence-corrected chi connectivity index (χ0v) is 24.7. The number of rotatable bonds is 12. The van der Waals surface area contributed by atoms with E-state index in [2.05, 4.69) is 25.7 Å². The third-order valence-corrected chi connectivity index (χ3v) is 8.11. The highest BCUT2D eigenvalue weighted by Crippen LogP contribution is 2.50. The highest BCUT2D eigenvalue weighted by atomic mass is 19.1. The Labute approximate surface area is 241 Å². The van der Waals surface area contributed by atoms with Crippen molar-refractivity contribution >= 4 is 11.8 Å². The summed E-state index contributed by atoms with van der Waals surface area (Å²) in [5.74, 6) is -1.19. The molecular weight excluding hydrogens is 524 g/mol. The molecule has 0 aliphatic heterocycles. The van der Waals surface area contributed by atoms with E-state index < -0.39 is 23.3 Å². The Morgan fingerprint density at radius 2 is 1.76 bits per heavy atom. The van der Waals surface area contributed by atoms with Gasteiger partial charge in [0.25, 0.3) is 0 Å². The molecule has 1 aliphatic carbocycles. The van der Waals surface area contributed by atoms with Gasteiger partial charge in [0.05, 0.1) is 12.7 Å². The van der Waals surface area contributed by atoms with Crippen LogP contribution in [0.3, 0.4) is 0 Å². The summed E-state index contributed by atoms with van der Waals surface area (Å²) in [7, 11) is 1.53. The number of benzene rings is 3.